The summed E-state index contributed by atoms with van der Waals surface area (Å²) in [5, 5.41) is 3.64. The molecule has 0 aromatic carbocycles. The molecule has 0 spiro atoms. The van der Waals surface area contributed by atoms with Gasteiger partial charge in [-0.05, 0) is 58.3 Å². The maximum atomic E-state index is 5.35. The van der Waals surface area contributed by atoms with Gasteiger partial charge in [0.15, 0.2) is 0 Å². The lowest BCUT2D eigenvalue weighted by Gasteiger charge is -2.25. The molecule has 2 atom stereocenters. The molecule has 102 valence electrons. The van der Waals surface area contributed by atoms with Gasteiger partial charge in [-0.15, -0.1) is 0 Å². The molecule has 2 heterocycles. The molecule has 0 radical (unpaired) electrons. The zero-order valence-corrected chi connectivity index (χ0v) is 11.7. The first-order valence-electron chi connectivity index (χ1n) is 7.25. The SMILES string of the molecule is CC(CCc1ccco1)NCC(C)N1CCCC1. The molecule has 1 aromatic heterocycles. The van der Waals surface area contributed by atoms with Crippen molar-refractivity contribution in [1.82, 2.24) is 10.2 Å². The van der Waals surface area contributed by atoms with E-state index in [-0.39, 0.29) is 0 Å². The van der Waals surface area contributed by atoms with Crippen molar-refractivity contribution in [2.45, 2.75) is 51.6 Å². The first-order chi connectivity index (χ1) is 8.75. The van der Waals surface area contributed by atoms with Gasteiger partial charge in [0.05, 0.1) is 6.26 Å². The Bertz CT molecular complexity index is 317. The normalized spacial score (nSPS) is 20.1. The van der Waals surface area contributed by atoms with E-state index in [1.807, 2.05) is 6.07 Å². The summed E-state index contributed by atoms with van der Waals surface area (Å²) in [4.78, 5) is 2.59. The van der Waals surface area contributed by atoms with Gasteiger partial charge in [0.25, 0.3) is 0 Å². The third-order valence-electron chi connectivity index (χ3n) is 3.93. The summed E-state index contributed by atoms with van der Waals surface area (Å²) in [7, 11) is 0. The molecular weight excluding hydrogens is 224 g/mol. The van der Waals surface area contributed by atoms with E-state index in [1.54, 1.807) is 6.26 Å². The number of rotatable bonds is 7. The predicted octanol–water partition coefficient (Wildman–Crippen LogP) is 2.67. The number of likely N-dealkylation sites (tertiary alicyclic amines) is 1. The van der Waals surface area contributed by atoms with Crippen LogP contribution in [0.2, 0.25) is 0 Å². The summed E-state index contributed by atoms with van der Waals surface area (Å²) >= 11 is 0. The summed E-state index contributed by atoms with van der Waals surface area (Å²) in [6, 6.07) is 5.24. The first-order valence-corrected chi connectivity index (χ1v) is 7.25. The maximum Gasteiger partial charge on any atom is 0.103 e. The zero-order chi connectivity index (χ0) is 12.8. The number of hydrogen-bond donors (Lipinski definition) is 1. The van der Waals surface area contributed by atoms with Crippen molar-refractivity contribution in [3.8, 4) is 0 Å². The number of hydrogen-bond acceptors (Lipinski definition) is 3. The monoisotopic (exact) mass is 250 g/mol. The fourth-order valence-corrected chi connectivity index (χ4v) is 2.60. The molecule has 2 unspecified atom stereocenters. The van der Waals surface area contributed by atoms with Crippen molar-refractivity contribution in [1.29, 1.82) is 0 Å². The molecule has 1 fully saturated rings. The van der Waals surface area contributed by atoms with Crippen LogP contribution in [-0.4, -0.2) is 36.6 Å². The Morgan fingerprint density at radius 3 is 2.78 bits per heavy atom. The second-order valence-corrected chi connectivity index (χ2v) is 5.52. The van der Waals surface area contributed by atoms with Gasteiger partial charge in [-0.25, -0.2) is 0 Å². The molecular formula is C15H26N2O. The Morgan fingerprint density at radius 1 is 1.33 bits per heavy atom. The maximum absolute atomic E-state index is 5.35. The van der Waals surface area contributed by atoms with Crippen LogP contribution in [0.1, 0.15) is 38.9 Å². The largest absolute Gasteiger partial charge is 0.469 e. The Labute approximate surface area is 111 Å². The highest BCUT2D eigenvalue weighted by atomic mass is 16.3. The molecule has 0 amide bonds. The Kier molecular flexibility index (Phi) is 5.26. The first kappa shape index (κ1) is 13.6. The molecule has 1 saturated heterocycles. The fraction of sp³-hybridized carbons (Fsp3) is 0.733. The zero-order valence-electron chi connectivity index (χ0n) is 11.7. The van der Waals surface area contributed by atoms with Crippen molar-refractivity contribution >= 4 is 0 Å². The number of furan rings is 1. The van der Waals surface area contributed by atoms with Gasteiger partial charge in [0.1, 0.15) is 5.76 Å². The molecule has 0 aliphatic carbocycles. The highest BCUT2D eigenvalue weighted by Gasteiger charge is 2.18. The fourth-order valence-electron chi connectivity index (χ4n) is 2.60. The molecule has 0 saturated carbocycles. The Hall–Kier alpha value is -0.800. The molecule has 0 bridgehead atoms. The minimum Gasteiger partial charge on any atom is -0.469 e. The average Bonchev–Trinajstić information content (AvgIpc) is 3.05. The van der Waals surface area contributed by atoms with E-state index >= 15 is 0 Å². The van der Waals surface area contributed by atoms with E-state index in [0.29, 0.717) is 12.1 Å². The van der Waals surface area contributed by atoms with E-state index in [1.165, 1.54) is 25.9 Å². The molecule has 1 aromatic rings. The smallest absolute Gasteiger partial charge is 0.103 e. The summed E-state index contributed by atoms with van der Waals surface area (Å²) in [5.41, 5.74) is 0. The van der Waals surface area contributed by atoms with Gasteiger partial charge in [0, 0.05) is 25.0 Å². The Morgan fingerprint density at radius 2 is 2.11 bits per heavy atom. The molecule has 3 heteroatoms. The van der Waals surface area contributed by atoms with Gasteiger partial charge in [-0.3, -0.25) is 4.90 Å². The van der Waals surface area contributed by atoms with Crippen LogP contribution in [0.3, 0.4) is 0 Å². The van der Waals surface area contributed by atoms with Crippen molar-refractivity contribution in [3.63, 3.8) is 0 Å². The van der Waals surface area contributed by atoms with Crippen molar-refractivity contribution in [3.05, 3.63) is 24.2 Å². The molecule has 1 aliphatic rings. The van der Waals surface area contributed by atoms with Crippen LogP contribution in [0, 0.1) is 0 Å². The van der Waals surface area contributed by atoms with E-state index in [4.69, 9.17) is 4.42 Å². The van der Waals surface area contributed by atoms with E-state index in [9.17, 15) is 0 Å². The average molecular weight is 250 g/mol. The lowest BCUT2D eigenvalue weighted by atomic mass is 10.1. The van der Waals surface area contributed by atoms with Crippen molar-refractivity contribution in [2.75, 3.05) is 19.6 Å². The number of aryl methyl sites for hydroxylation is 1. The summed E-state index contributed by atoms with van der Waals surface area (Å²) in [6.45, 7) is 8.25. The van der Waals surface area contributed by atoms with Gasteiger partial charge in [-0.2, -0.15) is 0 Å². The highest BCUT2D eigenvalue weighted by molar-refractivity contribution is 4.98. The minimum absolute atomic E-state index is 0.556. The summed E-state index contributed by atoms with van der Waals surface area (Å²) in [5.74, 6) is 1.09. The quantitative estimate of drug-likeness (QED) is 0.806. The van der Waals surface area contributed by atoms with E-state index in [2.05, 4.69) is 30.1 Å². The lowest BCUT2D eigenvalue weighted by Crippen LogP contribution is -2.41. The van der Waals surface area contributed by atoms with Gasteiger partial charge in [0.2, 0.25) is 0 Å². The molecule has 1 aliphatic heterocycles. The third kappa shape index (κ3) is 4.14. The summed E-state index contributed by atoms with van der Waals surface area (Å²) < 4.78 is 5.35. The molecule has 3 nitrogen and oxygen atoms in total. The van der Waals surface area contributed by atoms with Crippen LogP contribution in [-0.2, 0) is 6.42 Å². The predicted molar refractivity (Wildman–Crippen MR) is 74.8 cm³/mol. The lowest BCUT2D eigenvalue weighted by molar-refractivity contribution is 0.245. The second-order valence-electron chi connectivity index (χ2n) is 5.52. The topological polar surface area (TPSA) is 28.4 Å². The van der Waals surface area contributed by atoms with Gasteiger partial charge < -0.3 is 9.73 Å². The van der Waals surface area contributed by atoms with Crippen molar-refractivity contribution in [2.24, 2.45) is 0 Å². The van der Waals surface area contributed by atoms with Gasteiger partial charge >= 0.3 is 0 Å². The van der Waals surface area contributed by atoms with E-state index < -0.39 is 0 Å². The minimum atomic E-state index is 0.556. The number of nitrogens with one attached hydrogen (secondary N) is 1. The molecule has 18 heavy (non-hydrogen) atoms. The van der Waals surface area contributed by atoms with Crippen LogP contribution < -0.4 is 5.32 Å². The molecule has 2 rings (SSSR count). The van der Waals surface area contributed by atoms with Crippen LogP contribution in [0.5, 0.6) is 0 Å². The van der Waals surface area contributed by atoms with Crippen LogP contribution in [0.25, 0.3) is 0 Å². The standard InChI is InChI=1S/C15H26N2O/c1-13(7-8-15-6-5-11-18-15)16-12-14(2)17-9-3-4-10-17/h5-6,11,13-14,16H,3-4,7-10,12H2,1-2H3. The summed E-state index contributed by atoms with van der Waals surface area (Å²) in [6.07, 6.45) is 6.67. The third-order valence-corrected chi connectivity index (χ3v) is 3.93. The Balaban J connectivity index is 1.60. The van der Waals surface area contributed by atoms with E-state index in [0.717, 1.165) is 25.1 Å². The van der Waals surface area contributed by atoms with Crippen LogP contribution in [0.4, 0.5) is 0 Å². The highest BCUT2D eigenvalue weighted by Crippen LogP contribution is 2.11. The second kappa shape index (κ2) is 6.95. The molecule has 1 N–H and O–H groups in total. The van der Waals surface area contributed by atoms with Gasteiger partial charge in [-0.1, -0.05) is 0 Å². The van der Waals surface area contributed by atoms with Crippen LogP contribution >= 0.6 is 0 Å². The van der Waals surface area contributed by atoms with Crippen LogP contribution in [0.15, 0.2) is 22.8 Å². The van der Waals surface area contributed by atoms with Crippen molar-refractivity contribution < 1.29 is 4.42 Å². The number of nitrogens with zero attached hydrogens (tertiary/aromatic N) is 1.